The van der Waals surface area contributed by atoms with E-state index in [1.807, 2.05) is 30.3 Å². The van der Waals surface area contributed by atoms with Crippen molar-refractivity contribution in [3.05, 3.63) is 100 Å². The molecule has 0 spiro atoms. The van der Waals surface area contributed by atoms with Crippen LogP contribution in [0.15, 0.2) is 68.4 Å². The second-order valence-corrected chi connectivity index (χ2v) is 11.1. The number of imide groups is 1. The first-order valence-electron chi connectivity index (χ1n) is 9.78. The lowest BCUT2D eigenvalue weighted by Gasteiger charge is -2.14. The van der Waals surface area contributed by atoms with E-state index in [1.165, 1.54) is 0 Å². The standard InChI is InChI=1S/C24H14Br2Cl3NO3S/c25-16-8-13(9-17(26)22(16)33-12-14-4-1-2-5-18(14)27)10-21-23(31)30(24(32)34-21)11-15-19(28)6-3-7-20(15)29/h1-10H,11-12H2/b21-10-. The summed E-state index contributed by atoms with van der Waals surface area (Å²) in [6.45, 7) is 0.294. The van der Waals surface area contributed by atoms with E-state index in [0.29, 0.717) is 52.4 Å². The maximum Gasteiger partial charge on any atom is 0.293 e. The van der Waals surface area contributed by atoms with Crippen molar-refractivity contribution in [3.8, 4) is 5.75 Å². The second kappa shape index (κ2) is 11.1. The zero-order valence-electron chi connectivity index (χ0n) is 17.2. The van der Waals surface area contributed by atoms with E-state index in [0.717, 1.165) is 22.2 Å². The molecule has 0 saturated carbocycles. The molecule has 0 atom stereocenters. The van der Waals surface area contributed by atoms with E-state index in [1.54, 1.807) is 30.3 Å². The van der Waals surface area contributed by atoms with Gasteiger partial charge in [-0.1, -0.05) is 59.1 Å². The molecule has 4 rings (SSSR count). The average Bonchev–Trinajstić information content (AvgIpc) is 3.04. The van der Waals surface area contributed by atoms with E-state index in [9.17, 15) is 9.59 Å². The predicted octanol–water partition coefficient (Wildman–Crippen LogP) is 8.99. The molecule has 4 nitrogen and oxygen atoms in total. The van der Waals surface area contributed by atoms with Gasteiger partial charge in [0, 0.05) is 26.2 Å². The van der Waals surface area contributed by atoms with Gasteiger partial charge in [-0.15, -0.1) is 0 Å². The number of hydrogen-bond acceptors (Lipinski definition) is 4. The van der Waals surface area contributed by atoms with Gasteiger partial charge in [0.2, 0.25) is 0 Å². The van der Waals surface area contributed by atoms with Crippen molar-refractivity contribution in [3.63, 3.8) is 0 Å². The number of benzene rings is 3. The number of amides is 2. The van der Waals surface area contributed by atoms with Crippen molar-refractivity contribution in [1.29, 1.82) is 0 Å². The average molecular weight is 663 g/mol. The Kier molecular flexibility index (Phi) is 8.33. The fourth-order valence-corrected chi connectivity index (χ4v) is 6.19. The molecule has 0 bridgehead atoms. The van der Waals surface area contributed by atoms with Crippen LogP contribution in [0.1, 0.15) is 16.7 Å². The molecule has 1 heterocycles. The van der Waals surface area contributed by atoms with Gasteiger partial charge in [-0.05, 0) is 85.6 Å². The summed E-state index contributed by atoms with van der Waals surface area (Å²) in [6, 6.07) is 16.1. The van der Waals surface area contributed by atoms with E-state index in [2.05, 4.69) is 31.9 Å². The summed E-state index contributed by atoms with van der Waals surface area (Å²) >= 11 is 26.5. The zero-order valence-corrected chi connectivity index (χ0v) is 23.4. The van der Waals surface area contributed by atoms with Crippen LogP contribution >= 0.6 is 78.4 Å². The van der Waals surface area contributed by atoms with Crippen molar-refractivity contribution in [2.75, 3.05) is 0 Å². The quantitative estimate of drug-likeness (QED) is 0.247. The number of carbonyl (C=O) groups excluding carboxylic acids is 2. The largest absolute Gasteiger partial charge is 0.486 e. The summed E-state index contributed by atoms with van der Waals surface area (Å²) in [5.41, 5.74) is 2.10. The summed E-state index contributed by atoms with van der Waals surface area (Å²) < 4.78 is 7.31. The molecule has 1 fully saturated rings. The van der Waals surface area contributed by atoms with Crippen LogP contribution in [0.4, 0.5) is 4.79 Å². The van der Waals surface area contributed by atoms with Crippen LogP contribution in [0.3, 0.4) is 0 Å². The van der Waals surface area contributed by atoms with Crippen molar-refractivity contribution in [2.45, 2.75) is 13.2 Å². The van der Waals surface area contributed by atoms with E-state index >= 15 is 0 Å². The Morgan fingerprint density at radius 1 is 0.912 bits per heavy atom. The van der Waals surface area contributed by atoms with Crippen molar-refractivity contribution < 1.29 is 14.3 Å². The second-order valence-electron chi connectivity index (χ2n) is 7.16. The smallest absolute Gasteiger partial charge is 0.293 e. The summed E-state index contributed by atoms with van der Waals surface area (Å²) in [6.07, 6.45) is 1.66. The Morgan fingerprint density at radius 3 is 2.18 bits per heavy atom. The van der Waals surface area contributed by atoms with E-state index in [4.69, 9.17) is 39.5 Å². The van der Waals surface area contributed by atoms with Crippen LogP contribution in [0.5, 0.6) is 5.75 Å². The fraction of sp³-hybridized carbons (Fsp3) is 0.0833. The third kappa shape index (κ3) is 5.66. The van der Waals surface area contributed by atoms with E-state index < -0.39 is 5.91 Å². The number of halogens is 5. The van der Waals surface area contributed by atoms with Crippen LogP contribution in [0, 0.1) is 0 Å². The van der Waals surface area contributed by atoms with Crippen LogP contribution in [0.25, 0.3) is 6.08 Å². The molecule has 0 aliphatic carbocycles. The SMILES string of the molecule is O=C1S/C(=C\c2cc(Br)c(OCc3ccccc3Cl)c(Br)c2)C(=O)N1Cc1c(Cl)cccc1Cl. The molecule has 0 unspecified atom stereocenters. The number of nitrogens with zero attached hydrogens (tertiary/aromatic N) is 1. The molecular formula is C24H14Br2Cl3NO3S. The molecule has 10 heteroatoms. The highest BCUT2D eigenvalue weighted by molar-refractivity contribution is 9.11. The maximum atomic E-state index is 12.9. The molecule has 3 aromatic carbocycles. The highest BCUT2D eigenvalue weighted by atomic mass is 79.9. The van der Waals surface area contributed by atoms with E-state index in [-0.39, 0.29) is 11.8 Å². The Labute approximate surface area is 232 Å². The fourth-order valence-electron chi connectivity index (χ4n) is 3.20. The number of thioether (sulfide) groups is 1. The minimum Gasteiger partial charge on any atom is -0.486 e. The van der Waals surface area contributed by atoms with Crippen molar-refractivity contribution in [2.24, 2.45) is 0 Å². The first-order valence-corrected chi connectivity index (χ1v) is 13.3. The lowest BCUT2D eigenvalue weighted by molar-refractivity contribution is -0.123. The van der Waals surface area contributed by atoms with Gasteiger partial charge < -0.3 is 4.74 Å². The normalized spacial score (nSPS) is 14.9. The molecule has 0 N–H and O–H groups in total. The number of carbonyl (C=O) groups is 2. The minimum absolute atomic E-state index is 0.00270. The lowest BCUT2D eigenvalue weighted by atomic mass is 10.2. The Morgan fingerprint density at radius 2 is 1.53 bits per heavy atom. The molecular weight excluding hydrogens is 649 g/mol. The lowest BCUT2D eigenvalue weighted by Crippen LogP contribution is -2.27. The number of rotatable bonds is 6. The third-order valence-electron chi connectivity index (χ3n) is 4.90. The Balaban J connectivity index is 1.53. The molecule has 3 aromatic rings. The van der Waals surface area contributed by atoms with Crippen molar-refractivity contribution >= 4 is 95.6 Å². The van der Waals surface area contributed by atoms with Crippen LogP contribution < -0.4 is 4.74 Å². The van der Waals surface area contributed by atoms with Gasteiger partial charge in [-0.25, -0.2) is 0 Å². The molecule has 2 amide bonds. The van der Waals surface area contributed by atoms with Gasteiger partial charge >= 0.3 is 0 Å². The summed E-state index contributed by atoms with van der Waals surface area (Å²) in [5.74, 6) is 0.191. The topological polar surface area (TPSA) is 46.6 Å². The Hall–Kier alpha value is -1.48. The summed E-state index contributed by atoms with van der Waals surface area (Å²) in [5, 5.41) is 1.04. The van der Waals surface area contributed by atoms with Crippen LogP contribution in [-0.2, 0) is 17.9 Å². The third-order valence-corrected chi connectivity index (χ3v) is 8.06. The van der Waals surface area contributed by atoms with Gasteiger partial charge in [0.05, 0.1) is 20.4 Å². The monoisotopic (exact) mass is 659 g/mol. The summed E-state index contributed by atoms with van der Waals surface area (Å²) in [4.78, 5) is 26.9. The van der Waals surface area contributed by atoms with Gasteiger partial charge in [-0.2, -0.15) is 0 Å². The molecule has 1 aliphatic heterocycles. The highest BCUT2D eigenvalue weighted by Crippen LogP contribution is 2.39. The molecule has 1 saturated heterocycles. The van der Waals surface area contributed by atoms with Crippen LogP contribution in [-0.4, -0.2) is 16.0 Å². The maximum absolute atomic E-state index is 12.9. The van der Waals surface area contributed by atoms with Gasteiger partial charge in [0.25, 0.3) is 11.1 Å². The van der Waals surface area contributed by atoms with Crippen LogP contribution in [0.2, 0.25) is 15.1 Å². The minimum atomic E-state index is -0.405. The first kappa shape index (κ1) is 25.6. The van der Waals surface area contributed by atoms with Gasteiger partial charge in [0.1, 0.15) is 12.4 Å². The molecule has 0 aromatic heterocycles. The van der Waals surface area contributed by atoms with Gasteiger partial charge in [0.15, 0.2) is 0 Å². The molecule has 174 valence electrons. The molecule has 34 heavy (non-hydrogen) atoms. The summed E-state index contributed by atoms with van der Waals surface area (Å²) in [7, 11) is 0. The first-order chi connectivity index (χ1) is 16.2. The Bertz CT molecular complexity index is 1290. The van der Waals surface area contributed by atoms with Gasteiger partial charge in [-0.3, -0.25) is 14.5 Å². The van der Waals surface area contributed by atoms with Crippen molar-refractivity contribution in [1.82, 2.24) is 4.90 Å². The zero-order chi connectivity index (χ0) is 24.4. The number of ether oxygens (including phenoxy) is 1. The molecule has 0 radical (unpaired) electrons. The molecule has 1 aliphatic rings. The highest BCUT2D eigenvalue weighted by Gasteiger charge is 2.35. The number of hydrogen-bond donors (Lipinski definition) is 0. The predicted molar refractivity (Wildman–Crippen MR) is 146 cm³/mol.